The van der Waals surface area contributed by atoms with Crippen molar-refractivity contribution in [2.45, 2.75) is 19.0 Å². The zero-order valence-electron chi connectivity index (χ0n) is 20.6. The summed E-state index contributed by atoms with van der Waals surface area (Å²) in [7, 11) is 3.11. The van der Waals surface area contributed by atoms with Gasteiger partial charge in [-0.05, 0) is 35.7 Å². The lowest BCUT2D eigenvalue weighted by Crippen LogP contribution is -2.46. The van der Waals surface area contributed by atoms with E-state index in [1.165, 1.54) is 0 Å². The summed E-state index contributed by atoms with van der Waals surface area (Å²) in [5.74, 6) is 0.323. The van der Waals surface area contributed by atoms with Crippen molar-refractivity contribution >= 4 is 17.8 Å². The Hall–Kier alpha value is -4.33. The number of carbonyl (C=O) groups is 3. The molecular weight excluding hydrogens is 458 g/mol. The molecule has 4 rings (SSSR count). The number of urea groups is 1. The molecule has 4 amide bonds. The first-order valence-corrected chi connectivity index (χ1v) is 11.7. The lowest BCUT2D eigenvalue weighted by atomic mass is 9.82. The summed E-state index contributed by atoms with van der Waals surface area (Å²) in [4.78, 5) is 42.8. The van der Waals surface area contributed by atoms with Gasteiger partial charge in [0.05, 0.1) is 14.2 Å². The number of imide groups is 1. The summed E-state index contributed by atoms with van der Waals surface area (Å²) in [5, 5.41) is 2.88. The molecule has 1 fully saturated rings. The Morgan fingerprint density at radius 3 is 2.00 bits per heavy atom. The maximum absolute atomic E-state index is 13.8. The van der Waals surface area contributed by atoms with E-state index in [9.17, 15) is 14.4 Å². The van der Waals surface area contributed by atoms with E-state index < -0.39 is 17.5 Å². The Morgan fingerprint density at radius 2 is 1.47 bits per heavy atom. The number of carbonyl (C=O) groups excluding carboxylic acids is 3. The molecular formula is C28H29N3O5. The summed E-state index contributed by atoms with van der Waals surface area (Å²) < 4.78 is 10.6. The lowest BCUT2D eigenvalue weighted by molar-refractivity contribution is -0.138. The highest BCUT2D eigenvalue weighted by Gasteiger charge is 2.54. The third-order valence-corrected chi connectivity index (χ3v) is 6.37. The van der Waals surface area contributed by atoms with Crippen LogP contribution in [0, 0.1) is 0 Å². The number of rotatable bonds is 9. The van der Waals surface area contributed by atoms with Crippen LogP contribution in [0.4, 0.5) is 4.79 Å². The van der Waals surface area contributed by atoms with E-state index in [-0.39, 0.29) is 12.5 Å². The summed E-state index contributed by atoms with van der Waals surface area (Å²) in [5.41, 5.74) is 0.688. The maximum atomic E-state index is 13.8. The van der Waals surface area contributed by atoms with Gasteiger partial charge in [-0.2, -0.15) is 0 Å². The number of hydrogen-bond donors (Lipinski definition) is 1. The van der Waals surface area contributed by atoms with Crippen LogP contribution in [0.2, 0.25) is 0 Å². The van der Waals surface area contributed by atoms with Crippen molar-refractivity contribution in [1.82, 2.24) is 15.1 Å². The predicted molar refractivity (Wildman–Crippen MR) is 135 cm³/mol. The third kappa shape index (κ3) is 4.49. The SMILES string of the molecule is CCN(Cc1ccc(OC)c(OC)c1)C(=O)CN1C(=O)NC(c2ccccc2)(c2ccccc2)C1=O. The van der Waals surface area contributed by atoms with Gasteiger partial charge >= 0.3 is 6.03 Å². The summed E-state index contributed by atoms with van der Waals surface area (Å²) in [6.07, 6.45) is 0. The minimum absolute atomic E-state index is 0.294. The van der Waals surface area contributed by atoms with E-state index in [4.69, 9.17) is 9.47 Å². The molecule has 1 aliphatic heterocycles. The highest BCUT2D eigenvalue weighted by Crippen LogP contribution is 2.36. The van der Waals surface area contributed by atoms with Crippen molar-refractivity contribution in [1.29, 1.82) is 0 Å². The molecule has 0 atom stereocenters. The normalized spacial score (nSPS) is 14.4. The molecule has 8 nitrogen and oxygen atoms in total. The molecule has 0 bridgehead atoms. The molecule has 36 heavy (non-hydrogen) atoms. The molecule has 1 aliphatic rings. The second-order valence-corrected chi connectivity index (χ2v) is 8.40. The van der Waals surface area contributed by atoms with Gasteiger partial charge in [-0.3, -0.25) is 14.5 Å². The fraction of sp³-hybridized carbons (Fsp3) is 0.250. The number of nitrogens with one attached hydrogen (secondary N) is 1. The largest absolute Gasteiger partial charge is 0.493 e. The van der Waals surface area contributed by atoms with Gasteiger partial charge in [0.15, 0.2) is 17.0 Å². The monoisotopic (exact) mass is 487 g/mol. The van der Waals surface area contributed by atoms with Gasteiger partial charge in [-0.25, -0.2) is 4.79 Å². The smallest absolute Gasteiger partial charge is 0.326 e. The number of hydrogen-bond acceptors (Lipinski definition) is 5. The molecule has 186 valence electrons. The average molecular weight is 488 g/mol. The van der Waals surface area contributed by atoms with Crippen LogP contribution in [0.1, 0.15) is 23.6 Å². The molecule has 8 heteroatoms. The first-order chi connectivity index (χ1) is 17.4. The van der Waals surface area contributed by atoms with Gasteiger partial charge in [0.25, 0.3) is 5.91 Å². The van der Waals surface area contributed by atoms with Crippen LogP contribution in [0.3, 0.4) is 0 Å². The van der Waals surface area contributed by atoms with Gasteiger partial charge in [0, 0.05) is 13.1 Å². The van der Waals surface area contributed by atoms with E-state index >= 15 is 0 Å². The average Bonchev–Trinajstić information content (AvgIpc) is 3.18. The van der Waals surface area contributed by atoms with Crippen molar-refractivity contribution in [3.05, 3.63) is 95.6 Å². The van der Waals surface area contributed by atoms with Crippen molar-refractivity contribution in [3.8, 4) is 11.5 Å². The fourth-order valence-electron chi connectivity index (χ4n) is 4.46. The van der Waals surface area contributed by atoms with Crippen molar-refractivity contribution < 1.29 is 23.9 Å². The van der Waals surface area contributed by atoms with Gasteiger partial charge in [-0.15, -0.1) is 0 Å². The summed E-state index contributed by atoms with van der Waals surface area (Å²) in [6.45, 7) is 2.18. The van der Waals surface area contributed by atoms with Gasteiger partial charge in [0.2, 0.25) is 5.91 Å². The number of methoxy groups -OCH3 is 2. The number of likely N-dealkylation sites (N-methyl/N-ethyl adjacent to an activating group) is 1. The summed E-state index contributed by atoms with van der Waals surface area (Å²) >= 11 is 0. The zero-order valence-corrected chi connectivity index (χ0v) is 20.6. The molecule has 1 heterocycles. The Bertz CT molecular complexity index is 1210. The Labute approximate surface area is 210 Å². The Kier molecular flexibility index (Phi) is 7.24. The molecule has 0 aromatic heterocycles. The van der Waals surface area contributed by atoms with Crippen LogP contribution in [0.25, 0.3) is 0 Å². The number of ether oxygens (including phenoxy) is 2. The number of benzene rings is 3. The molecule has 0 radical (unpaired) electrons. The highest BCUT2D eigenvalue weighted by atomic mass is 16.5. The Morgan fingerprint density at radius 1 is 0.889 bits per heavy atom. The van der Waals surface area contributed by atoms with Crippen molar-refractivity contribution in [2.75, 3.05) is 27.3 Å². The van der Waals surface area contributed by atoms with E-state index in [2.05, 4.69) is 5.32 Å². The molecule has 0 unspecified atom stereocenters. The van der Waals surface area contributed by atoms with E-state index in [1.807, 2.05) is 49.4 Å². The lowest BCUT2D eigenvalue weighted by Gasteiger charge is -2.28. The minimum Gasteiger partial charge on any atom is -0.493 e. The second kappa shape index (κ2) is 10.5. The van der Waals surface area contributed by atoms with Crippen LogP contribution < -0.4 is 14.8 Å². The standard InChI is InChI=1S/C28H29N3O5/c1-4-30(18-20-15-16-23(35-2)24(17-20)36-3)25(32)19-31-26(33)28(29-27(31)34,21-11-7-5-8-12-21)22-13-9-6-10-14-22/h5-17H,4,18-19H2,1-3H3,(H,29,34). The minimum atomic E-state index is -1.40. The van der Waals surface area contributed by atoms with E-state index in [1.54, 1.807) is 55.5 Å². The van der Waals surface area contributed by atoms with Crippen LogP contribution in [-0.2, 0) is 21.7 Å². The first-order valence-electron chi connectivity index (χ1n) is 11.7. The van der Waals surface area contributed by atoms with Gasteiger partial charge < -0.3 is 19.7 Å². The third-order valence-electron chi connectivity index (χ3n) is 6.37. The summed E-state index contributed by atoms with van der Waals surface area (Å²) in [6, 6.07) is 23.0. The van der Waals surface area contributed by atoms with Crippen molar-refractivity contribution in [3.63, 3.8) is 0 Å². The first kappa shape index (κ1) is 24.8. The molecule has 0 spiro atoms. The number of nitrogens with zero attached hydrogens (tertiary/aromatic N) is 2. The fourth-order valence-corrected chi connectivity index (χ4v) is 4.46. The molecule has 0 aliphatic carbocycles. The van der Waals surface area contributed by atoms with E-state index in [0.29, 0.717) is 35.7 Å². The zero-order chi connectivity index (χ0) is 25.7. The quantitative estimate of drug-likeness (QED) is 0.467. The molecule has 1 saturated heterocycles. The molecule has 1 N–H and O–H groups in total. The predicted octanol–water partition coefficient (Wildman–Crippen LogP) is 3.55. The molecule has 3 aromatic rings. The maximum Gasteiger partial charge on any atom is 0.326 e. The van der Waals surface area contributed by atoms with Gasteiger partial charge in [-0.1, -0.05) is 66.7 Å². The van der Waals surface area contributed by atoms with Crippen LogP contribution >= 0.6 is 0 Å². The number of amides is 4. The molecule has 3 aromatic carbocycles. The highest BCUT2D eigenvalue weighted by molar-refractivity contribution is 6.11. The second-order valence-electron chi connectivity index (χ2n) is 8.40. The van der Waals surface area contributed by atoms with Crippen LogP contribution in [0.5, 0.6) is 11.5 Å². The van der Waals surface area contributed by atoms with Crippen LogP contribution in [-0.4, -0.2) is 55.0 Å². The van der Waals surface area contributed by atoms with Crippen LogP contribution in [0.15, 0.2) is 78.9 Å². The van der Waals surface area contributed by atoms with Crippen molar-refractivity contribution in [2.24, 2.45) is 0 Å². The molecule has 0 saturated carbocycles. The van der Waals surface area contributed by atoms with Gasteiger partial charge in [0.1, 0.15) is 6.54 Å². The Balaban J connectivity index is 1.59. The van der Waals surface area contributed by atoms with E-state index in [0.717, 1.165) is 10.5 Å². The topological polar surface area (TPSA) is 88.2 Å².